The minimum absolute atomic E-state index is 0.221. The van der Waals surface area contributed by atoms with Crippen LogP contribution >= 0.6 is 11.8 Å². The van der Waals surface area contributed by atoms with Gasteiger partial charge in [-0.2, -0.15) is 0 Å². The van der Waals surface area contributed by atoms with Crippen molar-refractivity contribution in [2.24, 2.45) is 0 Å². The average Bonchev–Trinajstić information content (AvgIpc) is 3.15. The molecule has 1 heterocycles. The number of hydrazine groups is 1. The summed E-state index contributed by atoms with van der Waals surface area (Å²) in [7, 11) is 3.18. The van der Waals surface area contributed by atoms with Crippen LogP contribution in [0.3, 0.4) is 0 Å². The van der Waals surface area contributed by atoms with E-state index in [9.17, 15) is 9.59 Å². The fourth-order valence-electron chi connectivity index (χ4n) is 2.13. The number of carbonyl (C=O) groups is 2. The van der Waals surface area contributed by atoms with Crippen LogP contribution in [0.5, 0.6) is 11.5 Å². The summed E-state index contributed by atoms with van der Waals surface area (Å²) >= 11 is 1.44. The second-order valence-corrected chi connectivity index (χ2v) is 6.20. The zero-order chi connectivity index (χ0) is 18.2. The Morgan fingerprint density at radius 3 is 2.52 bits per heavy atom. The van der Waals surface area contributed by atoms with Crippen molar-refractivity contribution in [2.45, 2.75) is 12.7 Å². The zero-order valence-electron chi connectivity index (χ0n) is 14.3. The van der Waals surface area contributed by atoms with Crippen LogP contribution in [0.25, 0.3) is 0 Å². The zero-order valence-corrected chi connectivity index (χ0v) is 15.2. The number of aryl methyl sites for hydroxylation is 1. The summed E-state index contributed by atoms with van der Waals surface area (Å²) in [5.41, 5.74) is 7.25. The molecule has 2 amide bonds. The molecule has 0 spiro atoms. The molecular formula is C17H21N3O4S. The number of amides is 2. The summed E-state index contributed by atoms with van der Waals surface area (Å²) in [6.45, 7) is 1.98. The fraction of sp³-hybridized carbons (Fsp3) is 0.294. The molecular weight excluding hydrogens is 342 g/mol. The lowest BCUT2D eigenvalue weighted by Gasteiger charge is -2.12. The molecule has 8 heteroatoms. The van der Waals surface area contributed by atoms with Gasteiger partial charge in [0.25, 0.3) is 5.91 Å². The monoisotopic (exact) mass is 363 g/mol. The van der Waals surface area contributed by atoms with E-state index in [1.807, 2.05) is 19.1 Å². The molecule has 0 atom stereocenters. The smallest absolute Gasteiger partial charge is 0.286 e. The number of ether oxygens (including phenoxy) is 2. The van der Waals surface area contributed by atoms with Crippen LogP contribution < -0.4 is 20.3 Å². The van der Waals surface area contributed by atoms with Crippen LogP contribution in [-0.2, 0) is 10.5 Å². The maximum absolute atomic E-state index is 11.8. The van der Waals surface area contributed by atoms with Crippen LogP contribution in [0.1, 0.15) is 21.6 Å². The number of aromatic amines is 1. The molecule has 134 valence electrons. The van der Waals surface area contributed by atoms with Crippen LogP contribution in [0.2, 0.25) is 0 Å². The third-order valence-electron chi connectivity index (χ3n) is 3.49. The van der Waals surface area contributed by atoms with Gasteiger partial charge in [-0.25, -0.2) is 0 Å². The first-order valence-electron chi connectivity index (χ1n) is 7.57. The topological polar surface area (TPSA) is 92.5 Å². The molecule has 0 aliphatic heterocycles. The maximum atomic E-state index is 11.8. The summed E-state index contributed by atoms with van der Waals surface area (Å²) in [4.78, 5) is 26.3. The van der Waals surface area contributed by atoms with E-state index < -0.39 is 0 Å². The van der Waals surface area contributed by atoms with Crippen molar-refractivity contribution in [2.75, 3.05) is 20.0 Å². The van der Waals surface area contributed by atoms with E-state index in [-0.39, 0.29) is 17.6 Å². The number of carbonyl (C=O) groups excluding carboxylic acids is 2. The molecule has 0 saturated heterocycles. The lowest BCUT2D eigenvalue weighted by atomic mass is 10.1. The van der Waals surface area contributed by atoms with Gasteiger partial charge >= 0.3 is 0 Å². The lowest BCUT2D eigenvalue weighted by Crippen LogP contribution is -2.42. The number of benzene rings is 1. The highest BCUT2D eigenvalue weighted by atomic mass is 32.2. The molecule has 0 radical (unpaired) electrons. The largest absolute Gasteiger partial charge is 0.493 e. The molecule has 0 saturated carbocycles. The van der Waals surface area contributed by atoms with E-state index in [4.69, 9.17) is 9.47 Å². The predicted molar refractivity (Wildman–Crippen MR) is 96.8 cm³/mol. The Balaban J connectivity index is 1.80. The summed E-state index contributed by atoms with van der Waals surface area (Å²) in [5.74, 6) is 1.54. The van der Waals surface area contributed by atoms with Gasteiger partial charge < -0.3 is 14.5 Å². The second kappa shape index (κ2) is 9.03. The molecule has 0 bridgehead atoms. The molecule has 1 aromatic heterocycles. The molecule has 25 heavy (non-hydrogen) atoms. The van der Waals surface area contributed by atoms with Crippen LogP contribution in [0.4, 0.5) is 0 Å². The quantitative estimate of drug-likeness (QED) is 0.655. The first-order chi connectivity index (χ1) is 12.0. The van der Waals surface area contributed by atoms with Crippen molar-refractivity contribution in [1.82, 2.24) is 15.8 Å². The highest BCUT2D eigenvalue weighted by molar-refractivity contribution is 7.99. The van der Waals surface area contributed by atoms with E-state index in [0.717, 1.165) is 11.1 Å². The molecule has 0 unspecified atom stereocenters. The molecule has 0 aliphatic carbocycles. The summed E-state index contributed by atoms with van der Waals surface area (Å²) in [6.07, 6.45) is 1.64. The van der Waals surface area contributed by atoms with Gasteiger partial charge in [0, 0.05) is 11.9 Å². The number of nitrogens with one attached hydrogen (secondary N) is 3. The van der Waals surface area contributed by atoms with Crippen molar-refractivity contribution in [3.05, 3.63) is 47.3 Å². The van der Waals surface area contributed by atoms with Crippen molar-refractivity contribution in [3.8, 4) is 11.5 Å². The first-order valence-corrected chi connectivity index (χ1v) is 8.72. The SMILES string of the molecule is COc1cc(C)c(CSCC(=O)NNC(=O)c2ccc[nH]2)cc1OC. The van der Waals surface area contributed by atoms with Gasteiger partial charge in [-0.05, 0) is 42.3 Å². The van der Waals surface area contributed by atoms with Crippen molar-refractivity contribution < 1.29 is 19.1 Å². The minimum Gasteiger partial charge on any atom is -0.493 e. The third-order valence-corrected chi connectivity index (χ3v) is 4.47. The normalized spacial score (nSPS) is 10.2. The highest BCUT2D eigenvalue weighted by Gasteiger charge is 2.11. The van der Waals surface area contributed by atoms with E-state index in [2.05, 4.69) is 15.8 Å². The van der Waals surface area contributed by atoms with Gasteiger partial charge in [-0.3, -0.25) is 20.4 Å². The van der Waals surface area contributed by atoms with Crippen molar-refractivity contribution in [3.63, 3.8) is 0 Å². The van der Waals surface area contributed by atoms with E-state index >= 15 is 0 Å². The lowest BCUT2D eigenvalue weighted by molar-refractivity contribution is -0.119. The standard InChI is InChI=1S/C17H21N3O4S/c1-11-7-14(23-2)15(24-3)8-12(11)9-25-10-16(21)19-20-17(22)13-5-4-6-18-13/h4-8,18H,9-10H2,1-3H3,(H,19,21)(H,20,22). The molecule has 7 nitrogen and oxygen atoms in total. The highest BCUT2D eigenvalue weighted by Crippen LogP contribution is 2.31. The predicted octanol–water partition coefficient (Wildman–Crippen LogP) is 2.03. The summed E-state index contributed by atoms with van der Waals surface area (Å²) < 4.78 is 10.6. The van der Waals surface area contributed by atoms with Crippen molar-refractivity contribution >= 4 is 23.6 Å². The van der Waals surface area contributed by atoms with Gasteiger partial charge in [-0.15, -0.1) is 11.8 Å². The number of rotatable bonds is 7. The Labute approximate surface area is 150 Å². The summed E-state index contributed by atoms with van der Waals surface area (Å²) in [6, 6.07) is 7.14. The fourth-order valence-corrected chi connectivity index (χ4v) is 3.02. The molecule has 2 aromatic rings. The summed E-state index contributed by atoms with van der Waals surface area (Å²) in [5, 5.41) is 0. The Morgan fingerprint density at radius 2 is 1.88 bits per heavy atom. The number of aromatic nitrogens is 1. The van der Waals surface area contributed by atoms with E-state index in [0.29, 0.717) is 22.9 Å². The molecule has 1 aromatic carbocycles. The third kappa shape index (κ3) is 5.18. The second-order valence-electron chi connectivity index (χ2n) is 5.21. The van der Waals surface area contributed by atoms with E-state index in [1.54, 1.807) is 32.5 Å². The van der Waals surface area contributed by atoms with E-state index in [1.165, 1.54) is 11.8 Å². The van der Waals surface area contributed by atoms with Crippen LogP contribution in [-0.4, -0.2) is 36.8 Å². The minimum atomic E-state index is -0.390. The van der Waals surface area contributed by atoms with Gasteiger partial charge in [0.15, 0.2) is 11.5 Å². The molecule has 0 aliphatic rings. The van der Waals surface area contributed by atoms with Gasteiger partial charge in [-0.1, -0.05) is 0 Å². The Kier molecular flexibility index (Phi) is 6.76. The Bertz CT molecular complexity index is 732. The Hall–Kier alpha value is -2.61. The van der Waals surface area contributed by atoms with Crippen LogP contribution in [0, 0.1) is 6.92 Å². The van der Waals surface area contributed by atoms with Crippen LogP contribution in [0.15, 0.2) is 30.5 Å². The first kappa shape index (κ1) is 18.7. The number of hydrogen-bond acceptors (Lipinski definition) is 5. The number of hydrogen-bond donors (Lipinski definition) is 3. The van der Waals surface area contributed by atoms with Crippen molar-refractivity contribution in [1.29, 1.82) is 0 Å². The molecule has 2 rings (SSSR count). The average molecular weight is 363 g/mol. The molecule has 3 N–H and O–H groups in total. The van der Waals surface area contributed by atoms with Gasteiger partial charge in [0.05, 0.1) is 20.0 Å². The maximum Gasteiger partial charge on any atom is 0.286 e. The van der Waals surface area contributed by atoms with Gasteiger partial charge in [0.2, 0.25) is 5.91 Å². The Morgan fingerprint density at radius 1 is 1.16 bits per heavy atom. The van der Waals surface area contributed by atoms with Gasteiger partial charge in [0.1, 0.15) is 5.69 Å². The number of H-pyrrole nitrogens is 1. The molecule has 0 fully saturated rings. The number of thioether (sulfide) groups is 1. The number of methoxy groups -OCH3 is 2.